The summed E-state index contributed by atoms with van der Waals surface area (Å²) in [4.78, 5) is 0.107. The Hall–Kier alpha value is -0.650. The van der Waals surface area contributed by atoms with E-state index in [1.807, 2.05) is 0 Å². The van der Waals surface area contributed by atoms with Gasteiger partial charge in [0, 0.05) is 19.2 Å². The predicted octanol–water partition coefficient (Wildman–Crippen LogP) is 3.38. The molecule has 0 radical (unpaired) electrons. The predicted molar refractivity (Wildman–Crippen MR) is 77.7 cm³/mol. The van der Waals surface area contributed by atoms with E-state index in [0.29, 0.717) is 12.5 Å². The summed E-state index contributed by atoms with van der Waals surface area (Å²) in [5, 5.41) is 0. The molecular formula is C14H19ClFNO2S. The van der Waals surface area contributed by atoms with Gasteiger partial charge in [-0.05, 0) is 37.0 Å². The fourth-order valence-corrected chi connectivity index (χ4v) is 4.15. The SMILES string of the molecule is CN(CC1CCCC1)S(=O)(=O)c1ccc(F)c(CCl)c1. The largest absolute Gasteiger partial charge is 0.242 e. The van der Waals surface area contributed by atoms with Gasteiger partial charge in [0.15, 0.2) is 0 Å². The van der Waals surface area contributed by atoms with Gasteiger partial charge in [0.05, 0.1) is 10.8 Å². The number of benzene rings is 1. The van der Waals surface area contributed by atoms with E-state index in [9.17, 15) is 12.8 Å². The molecule has 1 aromatic rings. The van der Waals surface area contributed by atoms with Crippen LogP contribution in [0.1, 0.15) is 31.2 Å². The Morgan fingerprint density at radius 3 is 2.60 bits per heavy atom. The number of alkyl halides is 1. The highest BCUT2D eigenvalue weighted by atomic mass is 35.5. The molecule has 2 rings (SSSR count). The van der Waals surface area contributed by atoms with E-state index in [-0.39, 0.29) is 16.3 Å². The summed E-state index contributed by atoms with van der Waals surface area (Å²) in [5.74, 6) is -0.0817. The molecule has 0 bridgehead atoms. The Kier molecular flexibility index (Phi) is 5.04. The highest BCUT2D eigenvalue weighted by Gasteiger charge is 2.26. The number of sulfonamides is 1. The quantitative estimate of drug-likeness (QED) is 0.780. The molecule has 0 unspecified atom stereocenters. The van der Waals surface area contributed by atoms with Gasteiger partial charge in [-0.15, -0.1) is 11.6 Å². The lowest BCUT2D eigenvalue weighted by atomic mass is 10.1. The summed E-state index contributed by atoms with van der Waals surface area (Å²) < 4.78 is 39.7. The molecule has 0 spiro atoms. The molecule has 1 aliphatic carbocycles. The van der Waals surface area contributed by atoms with Crippen LogP contribution in [0.3, 0.4) is 0 Å². The maximum Gasteiger partial charge on any atom is 0.242 e. The summed E-state index contributed by atoms with van der Waals surface area (Å²) in [6.45, 7) is 0.524. The molecule has 0 atom stereocenters. The maximum atomic E-state index is 13.4. The fraction of sp³-hybridized carbons (Fsp3) is 0.571. The Bertz CT molecular complexity index is 571. The van der Waals surface area contributed by atoms with Crippen molar-refractivity contribution in [1.29, 1.82) is 0 Å². The molecule has 3 nitrogen and oxygen atoms in total. The Morgan fingerprint density at radius 2 is 2.00 bits per heavy atom. The Balaban J connectivity index is 2.20. The smallest absolute Gasteiger partial charge is 0.207 e. The Morgan fingerprint density at radius 1 is 1.35 bits per heavy atom. The van der Waals surface area contributed by atoms with Crippen LogP contribution in [-0.4, -0.2) is 26.3 Å². The molecule has 6 heteroatoms. The zero-order valence-corrected chi connectivity index (χ0v) is 13.1. The number of halogens is 2. The van der Waals surface area contributed by atoms with E-state index in [1.165, 1.54) is 29.3 Å². The van der Waals surface area contributed by atoms with Crippen LogP contribution in [0.4, 0.5) is 4.39 Å². The van der Waals surface area contributed by atoms with E-state index in [4.69, 9.17) is 11.6 Å². The van der Waals surface area contributed by atoms with Gasteiger partial charge in [0.2, 0.25) is 10.0 Å². The lowest BCUT2D eigenvalue weighted by Crippen LogP contribution is -2.31. The van der Waals surface area contributed by atoms with Crippen LogP contribution < -0.4 is 0 Å². The molecule has 0 heterocycles. The molecule has 0 aliphatic heterocycles. The zero-order chi connectivity index (χ0) is 14.8. The average molecular weight is 320 g/mol. The van der Waals surface area contributed by atoms with Gasteiger partial charge < -0.3 is 0 Å². The van der Waals surface area contributed by atoms with E-state index < -0.39 is 15.8 Å². The van der Waals surface area contributed by atoms with Crippen LogP contribution in [0.25, 0.3) is 0 Å². The van der Waals surface area contributed by atoms with Crippen LogP contribution in [0.15, 0.2) is 23.1 Å². The number of rotatable bonds is 5. The van der Waals surface area contributed by atoms with Crippen molar-refractivity contribution < 1.29 is 12.8 Å². The highest BCUT2D eigenvalue weighted by molar-refractivity contribution is 7.89. The topological polar surface area (TPSA) is 37.4 Å². The molecule has 112 valence electrons. The minimum atomic E-state index is -3.57. The van der Waals surface area contributed by atoms with Crippen molar-refractivity contribution in [2.75, 3.05) is 13.6 Å². The zero-order valence-electron chi connectivity index (χ0n) is 11.5. The minimum absolute atomic E-state index is 0.0401. The van der Waals surface area contributed by atoms with Crippen molar-refractivity contribution in [3.63, 3.8) is 0 Å². The van der Waals surface area contributed by atoms with E-state index in [0.717, 1.165) is 18.9 Å². The molecule has 0 aromatic heterocycles. The third-order valence-corrected chi connectivity index (χ3v) is 5.97. The van der Waals surface area contributed by atoms with Crippen LogP contribution >= 0.6 is 11.6 Å². The number of nitrogens with zero attached hydrogens (tertiary/aromatic N) is 1. The first-order valence-electron chi connectivity index (χ1n) is 6.76. The molecule has 0 saturated heterocycles. The Labute approximate surface area is 124 Å². The van der Waals surface area contributed by atoms with Crippen molar-refractivity contribution in [1.82, 2.24) is 4.31 Å². The molecule has 1 aliphatic rings. The molecule has 0 amide bonds. The van der Waals surface area contributed by atoms with Crippen molar-refractivity contribution in [3.05, 3.63) is 29.6 Å². The first-order chi connectivity index (χ1) is 9.45. The van der Waals surface area contributed by atoms with Crippen molar-refractivity contribution in [3.8, 4) is 0 Å². The second-order valence-electron chi connectivity index (χ2n) is 5.32. The molecule has 1 saturated carbocycles. The van der Waals surface area contributed by atoms with Crippen molar-refractivity contribution >= 4 is 21.6 Å². The number of hydrogen-bond donors (Lipinski definition) is 0. The molecular weight excluding hydrogens is 301 g/mol. The van der Waals surface area contributed by atoms with Gasteiger partial charge >= 0.3 is 0 Å². The summed E-state index contributed by atoms with van der Waals surface area (Å²) in [6.07, 6.45) is 4.50. The summed E-state index contributed by atoms with van der Waals surface area (Å²) in [5.41, 5.74) is 0.210. The summed E-state index contributed by atoms with van der Waals surface area (Å²) >= 11 is 5.62. The molecule has 20 heavy (non-hydrogen) atoms. The standard InChI is InChI=1S/C14H19ClFNO2S/c1-17(10-11-4-2-3-5-11)20(18,19)13-6-7-14(16)12(8-13)9-15/h6-8,11H,2-5,9-10H2,1H3. The third-order valence-electron chi connectivity index (χ3n) is 3.86. The normalized spacial score (nSPS) is 17.0. The average Bonchev–Trinajstić information content (AvgIpc) is 2.91. The first-order valence-corrected chi connectivity index (χ1v) is 8.73. The third kappa shape index (κ3) is 3.32. The van der Waals surface area contributed by atoms with E-state index in [2.05, 4.69) is 0 Å². The molecule has 0 N–H and O–H groups in total. The summed E-state index contributed by atoms with van der Waals surface area (Å²) in [6, 6.07) is 3.78. The lowest BCUT2D eigenvalue weighted by Gasteiger charge is -2.21. The number of hydrogen-bond acceptors (Lipinski definition) is 2. The van der Waals surface area contributed by atoms with Crippen LogP contribution in [-0.2, 0) is 15.9 Å². The van der Waals surface area contributed by atoms with Gasteiger partial charge in [0.1, 0.15) is 5.82 Å². The second kappa shape index (κ2) is 6.41. The summed E-state index contributed by atoms with van der Waals surface area (Å²) in [7, 11) is -1.99. The molecule has 1 fully saturated rings. The lowest BCUT2D eigenvalue weighted by molar-refractivity contribution is 0.387. The van der Waals surface area contributed by atoms with Crippen molar-refractivity contribution in [2.24, 2.45) is 5.92 Å². The van der Waals surface area contributed by atoms with Crippen LogP contribution in [0.2, 0.25) is 0 Å². The van der Waals surface area contributed by atoms with Gasteiger partial charge in [0.25, 0.3) is 0 Å². The van der Waals surface area contributed by atoms with Crippen LogP contribution in [0, 0.1) is 11.7 Å². The van der Waals surface area contributed by atoms with Crippen molar-refractivity contribution in [2.45, 2.75) is 36.5 Å². The van der Waals surface area contributed by atoms with Gasteiger partial charge in [-0.1, -0.05) is 12.8 Å². The molecule has 1 aromatic carbocycles. The van der Waals surface area contributed by atoms with Gasteiger partial charge in [-0.3, -0.25) is 0 Å². The van der Waals surface area contributed by atoms with Gasteiger partial charge in [-0.25, -0.2) is 17.1 Å². The van der Waals surface area contributed by atoms with Crippen LogP contribution in [0.5, 0.6) is 0 Å². The maximum absolute atomic E-state index is 13.4. The minimum Gasteiger partial charge on any atom is -0.207 e. The monoisotopic (exact) mass is 319 g/mol. The van der Waals surface area contributed by atoms with E-state index >= 15 is 0 Å². The first kappa shape index (κ1) is 15.7. The second-order valence-corrected chi connectivity index (χ2v) is 7.64. The van der Waals surface area contributed by atoms with Gasteiger partial charge in [-0.2, -0.15) is 0 Å². The van der Waals surface area contributed by atoms with E-state index in [1.54, 1.807) is 7.05 Å². The fourth-order valence-electron chi connectivity index (χ4n) is 2.65. The highest BCUT2D eigenvalue weighted by Crippen LogP contribution is 2.27.